The molecule has 0 radical (unpaired) electrons. The summed E-state index contributed by atoms with van der Waals surface area (Å²) in [7, 11) is 0.136. The fraction of sp³-hybridized carbons (Fsp3) is 0.500. The maximum atomic E-state index is 6.98. The molecule has 1 heterocycles. The van der Waals surface area contributed by atoms with Gasteiger partial charge in [0.2, 0.25) is 0 Å². The van der Waals surface area contributed by atoms with E-state index >= 15 is 0 Å². The Kier molecular flexibility index (Phi) is 6.00. The quantitative estimate of drug-likeness (QED) is 0.658. The van der Waals surface area contributed by atoms with Gasteiger partial charge in [-0.05, 0) is 36.2 Å². The number of benzene rings is 2. The van der Waals surface area contributed by atoms with Gasteiger partial charge in [-0.2, -0.15) is 0 Å². The predicted octanol–water partition coefficient (Wildman–Crippen LogP) is 5.79. The Labute approximate surface area is 164 Å². The first kappa shape index (κ1) is 18.8. The van der Waals surface area contributed by atoms with Crippen LogP contribution < -0.4 is 5.23 Å². The van der Waals surface area contributed by atoms with E-state index in [0.717, 1.165) is 6.32 Å². The first-order valence-corrected chi connectivity index (χ1v) is 10.9. The van der Waals surface area contributed by atoms with Crippen LogP contribution in [0.5, 0.6) is 0 Å². The molecule has 1 aliphatic carbocycles. The Hall–Kier alpha value is -1.58. The van der Waals surface area contributed by atoms with Gasteiger partial charge in [-0.3, -0.25) is 0 Å². The van der Waals surface area contributed by atoms with Crippen LogP contribution in [0.15, 0.2) is 60.7 Å². The van der Waals surface area contributed by atoms with Crippen LogP contribution in [0.25, 0.3) is 0 Å². The van der Waals surface area contributed by atoms with E-state index in [-0.39, 0.29) is 12.7 Å². The van der Waals surface area contributed by atoms with Crippen molar-refractivity contribution in [1.82, 2.24) is 5.23 Å². The SMILES string of the molecule is CCCCB1N[C@H](C2CCCCC2)C(c2ccccc2)(c2ccccc2)O1. The maximum absolute atomic E-state index is 6.98. The molecule has 0 unspecified atom stereocenters. The first-order valence-electron chi connectivity index (χ1n) is 10.9. The molecule has 0 aromatic heterocycles. The second kappa shape index (κ2) is 8.62. The molecule has 2 aromatic carbocycles. The molecule has 4 rings (SSSR count). The summed E-state index contributed by atoms with van der Waals surface area (Å²) < 4.78 is 6.98. The van der Waals surface area contributed by atoms with Gasteiger partial charge in [-0.15, -0.1) is 0 Å². The number of hydrogen-bond donors (Lipinski definition) is 1. The second-order valence-electron chi connectivity index (χ2n) is 8.26. The van der Waals surface area contributed by atoms with E-state index in [0.29, 0.717) is 12.0 Å². The highest BCUT2D eigenvalue weighted by atomic mass is 16.5. The molecule has 2 aromatic rings. The van der Waals surface area contributed by atoms with Crippen molar-refractivity contribution in [2.24, 2.45) is 5.92 Å². The van der Waals surface area contributed by atoms with Crippen LogP contribution in [0, 0.1) is 5.92 Å². The zero-order valence-electron chi connectivity index (χ0n) is 16.6. The average Bonchev–Trinajstić information content (AvgIpc) is 3.15. The Balaban J connectivity index is 1.79. The summed E-state index contributed by atoms with van der Waals surface area (Å²) in [5.74, 6) is 0.672. The van der Waals surface area contributed by atoms with Crippen molar-refractivity contribution in [2.45, 2.75) is 69.8 Å². The van der Waals surface area contributed by atoms with Gasteiger partial charge < -0.3 is 9.88 Å². The molecular weight excluding hydrogens is 329 g/mol. The van der Waals surface area contributed by atoms with Crippen LogP contribution in [-0.4, -0.2) is 13.1 Å². The molecule has 0 bridgehead atoms. The summed E-state index contributed by atoms with van der Waals surface area (Å²) in [6.45, 7) is 2.26. The van der Waals surface area contributed by atoms with Crippen LogP contribution in [0.2, 0.25) is 6.32 Å². The van der Waals surface area contributed by atoms with Gasteiger partial charge in [0.1, 0.15) is 5.60 Å². The van der Waals surface area contributed by atoms with Gasteiger partial charge >= 0.3 is 7.05 Å². The van der Waals surface area contributed by atoms with Crippen molar-refractivity contribution in [3.63, 3.8) is 0 Å². The third-order valence-electron chi connectivity index (χ3n) is 6.48. The topological polar surface area (TPSA) is 21.3 Å². The summed E-state index contributed by atoms with van der Waals surface area (Å²) in [6.07, 6.45) is 10.2. The van der Waals surface area contributed by atoms with Gasteiger partial charge in [0.25, 0.3) is 0 Å². The molecular formula is C24H32BNO. The molecule has 2 fully saturated rings. The Morgan fingerprint density at radius 2 is 1.52 bits per heavy atom. The molecule has 1 atom stereocenters. The first-order chi connectivity index (χ1) is 13.3. The highest BCUT2D eigenvalue weighted by Gasteiger charge is 2.54. The van der Waals surface area contributed by atoms with Gasteiger partial charge in [0.05, 0.1) is 0 Å². The van der Waals surface area contributed by atoms with Crippen molar-refractivity contribution >= 4 is 7.05 Å². The summed E-state index contributed by atoms with van der Waals surface area (Å²) in [5, 5.41) is 3.96. The minimum absolute atomic E-state index is 0.136. The number of unbranched alkanes of at least 4 members (excludes halogenated alkanes) is 1. The Bertz CT molecular complexity index is 659. The zero-order chi connectivity index (χ0) is 18.5. The minimum atomic E-state index is -0.386. The van der Waals surface area contributed by atoms with Crippen molar-refractivity contribution in [2.75, 3.05) is 0 Å². The number of hydrogen-bond acceptors (Lipinski definition) is 2. The molecule has 3 heteroatoms. The molecule has 1 aliphatic heterocycles. The zero-order valence-corrected chi connectivity index (χ0v) is 16.6. The van der Waals surface area contributed by atoms with E-state index in [1.54, 1.807) is 0 Å². The summed E-state index contributed by atoms with van der Waals surface area (Å²) in [4.78, 5) is 0. The predicted molar refractivity (Wildman–Crippen MR) is 114 cm³/mol. The van der Waals surface area contributed by atoms with Crippen molar-refractivity contribution in [1.29, 1.82) is 0 Å². The van der Waals surface area contributed by atoms with Crippen LogP contribution in [0.4, 0.5) is 0 Å². The molecule has 1 saturated heterocycles. The molecule has 1 N–H and O–H groups in total. The lowest BCUT2D eigenvalue weighted by atomic mass is 9.71. The standard InChI is InChI=1S/C24H32BNO/c1-2-3-19-25-26-23(20-13-7-4-8-14-20)24(27-25,21-15-9-5-10-16-21)22-17-11-6-12-18-22/h5-6,9-12,15-18,20,23,26H,2-4,7-8,13-14,19H2,1H3/t23-/m1/s1. The normalized spacial score (nSPS) is 22.9. The number of nitrogens with one attached hydrogen (secondary N) is 1. The van der Waals surface area contributed by atoms with Crippen molar-refractivity contribution < 1.29 is 4.65 Å². The number of rotatable bonds is 6. The fourth-order valence-electron chi connectivity index (χ4n) is 5.15. The molecule has 0 spiro atoms. The lowest BCUT2D eigenvalue weighted by Gasteiger charge is -2.41. The van der Waals surface area contributed by atoms with Crippen LogP contribution in [-0.2, 0) is 10.3 Å². The molecule has 2 nitrogen and oxygen atoms in total. The maximum Gasteiger partial charge on any atom is 0.380 e. The summed E-state index contributed by atoms with van der Waals surface area (Å²) >= 11 is 0. The third-order valence-corrected chi connectivity index (χ3v) is 6.48. The smallest absolute Gasteiger partial charge is 0.380 e. The fourth-order valence-corrected chi connectivity index (χ4v) is 5.15. The molecule has 2 aliphatic rings. The largest absolute Gasteiger partial charge is 0.406 e. The second-order valence-corrected chi connectivity index (χ2v) is 8.26. The van der Waals surface area contributed by atoms with E-state index < -0.39 is 0 Å². The molecule has 0 amide bonds. The van der Waals surface area contributed by atoms with Crippen molar-refractivity contribution in [3.05, 3.63) is 71.8 Å². The van der Waals surface area contributed by atoms with Gasteiger partial charge in [0.15, 0.2) is 0 Å². The van der Waals surface area contributed by atoms with E-state index in [4.69, 9.17) is 4.65 Å². The highest BCUT2D eigenvalue weighted by molar-refractivity contribution is 6.50. The minimum Gasteiger partial charge on any atom is -0.406 e. The molecule has 1 saturated carbocycles. The highest BCUT2D eigenvalue weighted by Crippen LogP contribution is 2.47. The monoisotopic (exact) mass is 361 g/mol. The van der Waals surface area contributed by atoms with Crippen molar-refractivity contribution in [3.8, 4) is 0 Å². The third kappa shape index (κ3) is 3.72. The lowest BCUT2D eigenvalue weighted by Crippen LogP contribution is -2.48. The van der Waals surface area contributed by atoms with Crippen LogP contribution >= 0.6 is 0 Å². The Morgan fingerprint density at radius 1 is 0.926 bits per heavy atom. The Morgan fingerprint density at radius 3 is 2.07 bits per heavy atom. The summed E-state index contributed by atoms with van der Waals surface area (Å²) in [6, 6.07) is 22.2. The average molecular weight is 361 g/mol. The lowest BCUT2D eigenvalue weighted by molar-refractivity contribution is 0.0767. The van der Waals surface area contributed by atoms with Crippen LogP contribution in [0.3, 0.4) is 0 Å². The van der Waals surface area contributed by atoms with Crippen LogP contribution in [0.1, 0.15) is 63.0 Å². The van der Waals surface area contributed by atoms with Gasteiger partial charge in [-0.1, -0.05) is 99.7 Å². The van der Waals surface area contributed by atoms with E-state index in [1.807, 2.05) is 0 Å². The van der Waals surface area contributed by atoms with E-state index in [2.05, 4.69) is 72.8 Å². The van der Waals surface area contributed by atoms with Gasteiger partial charge in [-0.25, -0.2) is 0 Å². The molecule has 142 valence electrons. The molecule has 27 heavy (non-hydrogen) atoms. The van der Waals surface area contributed by atoms with E-state index in [1.165, 1.54) is 56.1 Å². The van der Waals surface area contributed by atoms with Gasteiger partial charge in [0, 0.05) is 6.04 Å². The van der Waals surface area contributed by atoms with E-state index in [9.17, 15) is 0 Å². The summed E-state index contributed by atoms with van der Waals surface area (Å²) in [5.41, 5.74) is 2.19.